The maximum atomic E-state index is 12.3. The number of carbonyl (C=O) groups excluding carboxylic acids is 2. The number of nitrogens with one attached hydrogen (secondary N) is 1. The maximum absolute atomic E-state index is 12.3. The number of likely N-dealkylation sites (N-methyl/N-ethyl adjacent to an activating group) is 1. The molecule has 0 atom stereocenters. The molecule has 2 amide bonds. The van der Waals surface area contributed by atoms with E-state index in [4.69, 9.17) is 16.0 Å². The number of amides is 2. The summed E-state index contributed by atoms with van der Waals surface area (Å²) in [7, 11) is 1.56. The Hall–Kier alpha value is -2.84. The van der Waals surface area contributed by atoms with Crippen LogP contribution >= 0.6 is 23.4 Å². The second-order valence-electron chi connectivity index (χ2n) is 6.25. The summed E-state index contributed by atoms with van der Waals surface area (Å²) in [6, 6.07) is 14.6. The Balaban J connectivity index is 1.51. The molecule has 1 heterocycles. The molecule has 0 aliphatic carbocycles. The van der Waals surface area contributed by atoms with Gasteiger partial charge in [0.25, 0.3) is 5.22 Å². The molecule has 0 fully saturated rings. The summed E-state index contributed by atoms with van der Waals surface area (Å²) >= 11 is 7.15. The molecule has 7 nitrogen and oxygen atoms in total. The lowest BCUT2D eigenvalue weighted by Gasteiger charge is -2.16. The molecule has 29 heavy (non-hydrogen) atoms. The highest BCUT2D eigenvalue weighted by molar-refractivity contribution is 7.99. The Morgan fingerprint density at radius 2 is 1.86 bits per heavy atom. The van der Waals surface area contributed by atoms with Gasteiger partial charge in [-0.2, -0.15) is 0 Å². The highest BCUT2D eigenvalue weighted by atomic mass is 35.5. The molecule has 0 bridgehead atoms. The van der Waals surface area contributed by atoms with E-state index in [9.17, 15) is 9.59 Å². The summed E-state index contributed by atoms with van der Waals surface area (Å²) in [6.45, 7) is 1.86. The van der Waals surface area contributed by atoms with E-state index in [1.54, 1.807) is 31.3 Å². The van der Waals surface area contributed by atoms with Gasteiger partial charge in [-0.25, -0.2) is 0 Å². The molecule has 0 saturated carbocycles. The van der Waals surface area contributed by atoms with Crippen molar-refractivity contribution in [2.45, 2.75) is 12.1 Å². The third-order valence-electron chi connectivity index (χ3n) is 4.06. The number of benzene rings is 2. The Morgan fingerprint density at radius 3 is 2.62 bits per heavy atom. The van der Waals surface area contributed by atoms with E-state index in [0.29, 0.717) is 21.8 Å². The Kier molecular flexibility index (Phi) is 6.90. The zero-order valence-corrected chi connectivity index (χ0v) is 17.5. The third kappa shape index (κ3) is 5.58. The number of rotatable bonds is 7. The van der Waals surface area contributed by atoms with E-state index in [2.05, 4.69) is 15.5 Å². The number of anilines is 1. The summed E-state index contributed by atoms with van der Waals surface area (Å²) in [5.41, 5.74) is 2.38. The van der Waals surface area contributed by atoms with E-state index in [0.717, 1.165) is 22.9 Å². The molecular weight excluding hydrogens is 412 g/mol. The van der Waals surface area contributed by atoms with Crippen molar-refractivity contribution < 1.29 is 14.0 Å². The summed E-state index contributed by atoms with van der Waals surface area (Å²) in [6.07, 6.45) is 0. The number of thioether (sulfide) groups is 1. The van der Waals surface area contributed by atoms with Crippen LogP contribution in [0, 0.1) is 6.92 Å². The molecule has 1 aromatic heterocycles. The van der Waals surface area contributed by atoms with Gasteiger partial charge < -0.3 is 14.6 Å². The molecular formula is C20H19ClN4O3S. The fourth-order valence-electron chi connectivity index (χ4n) is 2.48. The Morgan fingerprint density at radius 1 is 1.14 bits per heavy atom. The van der Waals surface area contributed by atoms with Crippen molar-refractivity contribution in [1.82, 2.24) is 15.1 Å². The summed E-state index contributed by atoms with van der Waals surface area (Å²) in [5.74, 6) is -0.0882. The molecule has 150 valence electrons. The molecule has 0 aliphatic rings. The standard InChI is InChI=1S/C20H19ClN4O3S/c1-13-7-3-4-8-14(13)19-23-24-20(28-19)29-12-18(27)25(2)11-17(26)22-16-10-6-5-9-15(16)21/h3-10H,11-12H2,1-2H3,(H,22,26). The van der Waals surface area contributed by atoms with Crippen molar-refractivity contribution in [3.8, 4) is 11.5 Å². The van der Waals surface area contributed by atoms with E-state index in [-0.39, 0.29) is 24.1 Å². The monoisotopic (exact) mass is 430 g/mol. The quantitative estimate of drug-likeness (QED) is 0.572. The van der Waals surface area contributed by atoms with E-state index < -0.39 is 0 Å². The normalized spacial score (nSPS) is 10.6. The van der Waals surface area contributed by atoms with Crippen molar-refractivity contribution in [2.75, 3.05) is 24.7 Å². The van der Waals surface area contributed by atoms with Crippen LogP contribution in [0.5, 0.6) is 0 Å². The maximum Gasteiger partial charge on any atom is 0.277 e. The first-order chi connectivity index (χ1) is 13.9. The van der Waals surface area contributed by atoms with Gasteiger partial charge in [0.1, 0.15) is 0 Å². The fourth-order valence-corrected chi connectivity index (χ4v) is 3.37. The van der Waals surface area contributed by atoms with Crippen LogP contribution < -0.4 is 5.32 Å². The third-order valence-corrected chi connectivity index (χ3v) is 5.19. The lowest BCUT2D eigenvalue weighted by molar-refractivity contribution is -0.131. The minimum atomic E-state index is -0.335. The van der Waals surface area contributed by atoms with Gasteiger partial charge in [-0.15, -0.1) is 10.2 Å². The van der Waals surface area contributed by atoms with Crippen molar-refractivity contribution >= 4 is 40.9 Å². The van der Waals surface area contributed by atoms with Gasteiger partial charge >= 0.3 is 0 Å². The van der Waals surface area contributed by atoms with Crippen LogP contribution in [0.4, 0.5) is 5.69 Å². The number of carbonyl (C=O) groups is 2. The SMILES string of the molecule is Cc1ccccc1-c1nnc(SCC(=O)N(C)CC(=O)Nc2ccccc2Cl)o1. The van der Waals surface area contributed by atoms with Crippen LogP contribution in [-0.2, 0) is 9.59 Å². The fraction of sp³-hybridized carbons (Fsp3) is 0.200. The highest BCUT2D eigenvalue weighted by Crippen LogP contribution is 2.25. The highest BCUT2D eigenvalue weighted by Gasteiger charge is 2.17. The van der Waals surface area contributed by atoms with Crippen LogP contribution in [-0.4, -0.2) is 46.3 Å². The van der Waals surface area contributed by atoms with Crippen LogP contribution in [0.25, 0.3) is 11.5 Å². The number of nitrogens with zero attached hydrogens (tertiary/aromatic N) is 3. The average Bonchev–Trinajstić information content (AvgIpc) is 3.17. The smallest absolute Gasteiger partial charge is 0.277 e. The molecule has 1 N–H and O–H groups in total. The molecule has 0 radical (unpaired) electrons. The Labute approximate surface area is 177 Å². The molecule has 3 rings (SSSR count). The van der Waals surface area contributed by atoms with Gasteiger partial charge in [0.2, 0.25) is 17.7 Å². The Bertz CT molecular complexity index is 1020. The number of hydrogen-bond acceptors (Lipinski definition) is 6. The first-order valence-electron chi connectivity index (χ1n) is 8.74. The predicted molar refractivity (Wildman–Crippen MR) is 113 cm³/mol. The summed E-state index contributed by atoms with van der Waals surface area (Å²) in [5, 5.41) is 11.4. The van der Waals surface area contributed by atoms with E-state index >= 15 is 0 Å². The molecule has 2 aromatic carbocycles. The van der Waals surface area contributed by atoms with Crippen LogP contribution in [0.15, 0.2) is 58.2 Å². The molecule has 3 aromatic rings. The molecule has 0 aliphatic heterocycles. The van der Waals surface area contributed by atoms with E-state index in [1.165, 1.54) is 4.90 Å². The zero-order chi connectivity index (χ0) is 20.8. The molecule has 0 spiro atoms. The van der Waals surface area contributed by atoms with Crippen LogP contribution in [0.2, 0.25) is 5.02 Å². The topological polar surface area (TPSA) is 88.3 Å². The lowest BCUT2D eigenvalue weighted by Crippen LogP contribution is -2.36. The first kappa shape index (κ1) is 20.9. The van der Waals surface area contributed by atoms with Crippen LogP contribution in [0.3, 0.4) is 0 Å². The first-order valence-corrected chi connectivity index (χ1v) is 10.1. The van der Waals surface area contributed by atoms with Gasteiger partial charge in [0.05, 0.1) is 23.0 Å². The van der Waals surface area contributed by atoms with Crippen LogP contribution in [0.1, 0.15) is 5.56 Å². The number of para-hydroxylation sites is 1. The number of aryl methyl sites for hydroxylation is 1. The second kappa shape index (κ2) is 9.58. The average molecular weight is 431 g/mol. The largest absolute Gasteiger partial charge is 0.411 e. The molecule has 0 saturated heterocycles. The summed E-state index contributed by atoms with van der Waals surface area (Å²) in [4.78, 5) is 25.8. The van der Waals surface area contributed by atoms with Gasteiger partial charge in [0, 0.05) is 12.6 Å². The van der Waals surface area contributed by atoms with Crippen molar-refractivity contribution in [2.24, 2.45) is 0 Å². The van der Waals surface area contributed by atoms with Crippen molar-refractivity contribution in [1.29, 1.82) is 0 Å². The van der Waals surface area contributed by atoms with Crippen molar-refractivity contribution in [3.63, 3.8) is 0 Å². The minimum absolute atomic E-state index is 0.0747. The van der Waals surface area contributed by atoms with Gasteiger partial charge in [0.15, 0.2) is 0 Å². The van der Waals surface area contributed by atoms with Gasteiger partial charge in [-0.1, -0.05) is 53.7 Å². The number of halogens is 1. The van der Waals surface area contributed by atoms with Crippen molar-refractivity contribution in [3.05, 3.63) is 59.1 Å². The minimum Gasteiger partial charge on any atom is -0.411 e. The lowest BCUT2D eigenvalue weighted by atomic mass is 10.1. The number of hydrogen-bond donors (Lipinski definition) is 1. The van der Waals surface area contributed by atoms with Gasteiger partial charge in [-0.05, 0) is 30.7 Å². The number of aromatic nitrogens is 2. The summed E-state index contributed by atoms with van der Waals surface area (Å²) < 4.78 is 5.63. The molecule has 0 unspecified atom stereocenters. The second-order valence-corrected chi connectivity index (χ2v) is 7.59. The van der Waals surface area contributed by atoms with Gasteiger partial charge in [-0.3, -0.25) is 9.59 Å². The molecule has 9 heteroatoms. The van der Waals surface area contributed by atoms with E-state index in [1.807, 2.05) is 31.2 Å². The predicted octanol–water partition coefficient (Wildman–Crippen LogP) is 3.89. The zero-order valence-electron chi connectivity index (χ0n) is 15.9.